The van der Waals surface area contributed by atoms with E-state index in [0.29, 0.717) is 0 Å². The van der Waals surface area contributed by atoms with E-state index in [1.165, 1.54) is 11.3 Å². The zero-order valence-corrected chi connectivity index (χ0v) is 11.3. The molecule has 0 fully saturated rings. The fraction of sp³-hybridized carbons (Fsp3) is 0.667. The van der Waals surface area contributed by atoms with Gasteiger partial charge in [-0.2, -0.15) is 11.8 Å². The van der Waals surface area contributed by atoms with Crippen LogP contribution >= 0.6 is 11.8 Å². The molecule has 1 aromatic heterocycles. The van der Waals surface area contributed by atoms with E-state index in [0.717, 1.165) is 31.9 Å². The Morgan fingerprint density at radius 1 is 1.50 bits per heavy atom. The van der Waals surface area contributed by atoms with Gasteiger partial charge in [0.25, 0.3) is 0 Å². The van der Waals surface area contributed by atoms with Gasteiger partial charge in [-0.3, -0.25) is 4.90 Å². The van der Waals surface area contributed by atoms with Crippen LogP contribution in [-0.2, 0) is 13.1 Å². The number of thioether (sulfide) groups is 1. The van der Waals surface area contributed by atoms with Crippen molar-refractivity contribution in [3.8, 4) is 0 Å². The van der Waals surface area contributed by atoms with E-state index < -0.39 is 0 Å². The minimum absolute atomic E-state index is 0.896. The highest BCUT2D eigenvalue weighted by atomic mass is 32.2. The molecule has 0 saturated heterocycles. The van der Waals surface area contributed by atoms with Gasteiger partial charge in [0.2, 0.25) is 0 Å². The average Bonchev–Trinajstić information content (AvgIpc) is 2.71. The summed E-state index contributed by atoms with van der Waals surface area (Å²) in [5.41, 5.74) is 1.23. The Morgan fingerprint density at radius 3 is 3.00 bits per heavy atom. The fourth-order valence-corrected chi connectivity index (χ4v) is 1.96. The standard InChI is InChI=1S/C12H22N2OS/c1-4-13-8-11-7-12(15-10-11)9-14(2)5-6-16-3/h7,10,13H,4-6,8-9H2,1-3H3. The molecule has 4 heteroatoms. The molecule has 16 heavy (non-hydrogen) atoms. The molecular formula is C12H22N2OS. The quantitative estimate of drug-likeness (QED) is 0.756. The number of nitrogens with one attached hydrogen (secondary N) is 1. The minimum Gasteiger partial charge on any atom is -0.468 e. The fourth-order valence-electron chi connectivity index (χ4n) is 1.46. The van der Waals surface area contributed by atoms with Gasteiger partial charge in [0.05, 0.1) is 12.8 Å². The minimum atomic E-state index is 0.896. The third-order valence-electron chi connectivity index (χ3n) is 2.39. The molecule has 0 atom stereocenters. The van der Waals surface area contributed by atoms with E-state index in [-0.39, 0.29) is 0 Å². The maximum Gasteiger partial charge on any atom is 0.118 e. The lowest BCUT2D eigenvalue weighted by atomic mass is 10.3. The van der Waals surface area contributed by atoms with E-state index in [9.17, 15) is 0 Å². The van der Waals surface area contributed by atoms with E-state index in [4.69, 9.17) is 4.42 Å². The van der Waals surface area contributed by atoms with Crippen LogP contribution < -0.4 is 5.32 Å². The zero-order chi connectivity index (χ0) is 11.8. The maximum atomic E-state index is 5.52. The summed E-state index contributed by atoms with van der Waals surface area (Å²) in [6, 6.07) is 2.14. The molecule has 3 nitrogen and oxygen atoms in total. The molecule has 0 unspecified atom stereocenters. The van der Waals surface area contributed by atoms with Crippen molar-refractivity contribution in [2.24, 2.45) is 0 Å². The molecule has 0 aliphatic rings. The Kier molecular flexibility index (Phi) is 6.61. The molecule has 0 radical (unpaired) electrons. The van der Waals surface area contributed by atoms with Crippen molar-refractivity contribution in [3.63, 3.8) is 0 Å². The molecule has 0 saturated carbocycles. The van der Waals surface area contributed by atoms with E-state index in [1.807, 2.05) is 18.0 Å². The predicted molar refractivity (Wildman–Crippen MR) is 70.8 cm³/mol. The predicted octanol–water partition coefficient (Wildman–Crippen LogP) is 2.18. The summed E-state index contributed by atoms with van der Waals surface area (Å²) >= 11 is 1.87. The molecule has 1 rings (SSSR count). The molecule has 0 amide bonds. The summed E-state index contributed by atoms with van der Waals surface area (Å²) < 4.78 is 5.52. The zero-order valence-electron chi connectivity index (χ0n) is 10.5. The SMILES string of the molecule is CCNCc1coc(CN(C)CCSC)c1. The first-order chi connectivity index (χ1) is 7.76. The van der Waals surface area contributed by atoms with Crippen LogP contribution in [0.4, 0.5) is 0 Å². The highest BCUT2D eigenvalue weighted by molar-refractivity contribution is 7.98. The molecule has 92 valence electrons. The molecular weight excluding hydrogens is 220 g/mol. The molecule has 0 spiro atoms. The summed E-state index contributed by atoms with van der Waals surface area (Å²) in [6.07, 6.45) is 3.98. The highest BCUT2D eigenvalue weighted by Crippen LogP contribution is 2.10. The second-order valence-electron chi connectivity index (χ2n) is 3.93. The first kappa shape index (κ1) is 13.6. The van der Waals surface area contributed by atoms with Gasteiger partial charge < -0.3 is 9.73 Å². The molecule has 0 bridgehead atoms. The van der Waals surface area contributed by atoms with Crippen molar-refractivity contribution in [1.82, 2.24) is 10.2 Å². The lowest BCUT2D eigenvalue weighted by Gasteiger charge is -2.13. The number of furan rings is 1. The number of rotatable bonds is 8. The summed E-state index contributed by atoms with van der Waals surface area (Å²) in [7, 11) is 2.13. The normalized spacial score (nSPS) is 11.2. The lowest BCUT2D eigenvalue weighted by Crippen LogP contribution is -2.20. The van der Waals surface area contributed by atoms with Crippen LogP contribution in [0.25, 0.3) is 0 Å². The van der Waals surface area contributed by atoms with Crippen molar-refractivity contribution in [2.45, 2.75) is 20.0 Å². The van der Waals surface area contributed by atoms with Crippen LogP contribution in [0, 0.1) is 0 Å². The monoisotopic (exact) mass is 242 g/mol. The van der Waals surface area contributed by atoms with Crippen molar-refractivity contribution in [3.05, 3.63) is 23.7 Å². The Bertz CT molecular complexity index is 288. The van der Waals surface area contributed by atoms with Gasteiger partial charge >= 0.3 is 0 Å². The molecule has 1 N–H and O–H groups in total. The van der Waals surface area contributed by atoms with Crippen molar-refractivity contribution in [2.75, 3.05) is 32.1 Å². The van der Waals surface area contributed by atoms with Gasteiger partial charge in [0.15, 0.2) is 0 Å². The third kappa shape index (κ3) is 5.05. The van der Waals surface area contributed by atoms with Crippen molar-refractivity contribution >= 4 is 11.8 Å². The Morgan fingerprint density at radius 2 is 2.31 bits per heavy atom. The number of hydrogen-bond donors (Lipinski definition) is 1. The average molecular weight is 242 g/mol. The van der Waals surface area contributed by atoms with Crippen LogP contribution in [0.1, 0.15) is 18.2 Å². The van der Waals surface area contributed by atoms with Crippen LogP contribution in [-0.4, -0.2) is 37.0 Å². The second-order valence-corrected chi connectivity index (χ2v) is 4.92. The van der Waals surface area contributed by atoms with Crippen molar-refractivity contribution in [1.29, 1.82) is 0 Å². The third-order valence-corrected chi connectivity index (χ3v) is 2.98. The smallest absolute Gasteiger partial charge is 0.118 e. The summed E-state index contributed by atoms with van der Waals surface area (Å²) in [5, 5.41) is 3.29. The second kappa shape index (κ2) is 7.76. The first-order valence-electron chi connectivity index (χ1n) is 5.70. The topological polar surface area (TPSA) is 28.4 Å². The highest BCUT2D eigenvalue weighted by Gasteiger charge is 2.04. The Hall–Kier alpha value is -0.450. The maximum absolute atomic E-state index is 5.52. The van der Waals surface area contributed by atoms with Crippen LogP contribution in [0.15, 0.2) is 16.7 Å². The van der Waals surface area contributed by atoms with Gasteiger partial charge in [0.1, 0.15) is 5.76 Å². The van der Waals surface area contributed by atoms with E-state index >= 15 is 0 Å². The van der Waals surface area contributed by atoms with E-state index in [1.54, 1.807) is 0 Å². The van der Waals surface area contributed by atoms with Crippen LogP contribution in [0.2, 0.25) is 0 Å². The van der Waals surface area contributed by atoms with Gasteiger partial charge in [0, 0.05) is 24.4 Å². The molecule has 0 aliphatic heterocycles. The number of hydrogen-bond acceptors (Lipinski definition) is 4. The van der Waals surface area contributed by atoms with Crippen molar-refractivity contribution < 1.29 is 4.42 Å². The molecule has 0 aliphatic carbocycles. The summed E-state index contributed by atoms with van der Waals surface area (Å²) in [5.74, 6) is 2.22. The van der Waals surface area contributed by atoms with Gasteiger partial charge in [-0.05, 0) is 25.9 Å². The van der Waals surface area contributed by atoms with Crippen LogP contribution in [0.3, 0.4) is 0 Å². The lowest BCUT2D eigenvalue weighted by molar-refractivity contribution is 0.311. The number of nitrogens with zero attached hydrogens (tertiary/aromatic N) is 1. The summed E-state index contributed by atoms with van der Waals surface area (Å²) in [6.45, 7) is 6.00. The molecule has 1 heterocycles. The first-order valence-corrected chi connectivity index (χ1v) is 7.10. The Labute approximate surface area is 103 Å². The van der Waals surface area contributed by atoms with Gasteiger partial charge in [-0.15, -0.1) is 0 Å². The Balaban J connectivity index is 2.33. The van der Waals surface area contributed by atoms with Gasteiger partial charge in [-0.25, -0.2) is 0 Å². The van der Waals surface area contributed by atoms with Crippen LogP contribution in [0.5, 0.6) is 0 Å². The molecule has 1 aromatic rings. The summed E-state index contributed by atoms with van der Waals surface area (Å²) in [4.78, 5) is 2.28. The molecule has 0 aromatic carbocycles. The van der Waals surface area contributed by atoms with E-state index in [2.05, 4.69) is 36.5 Å². The largest absolute Gasteiger partial charge is 0.468 e. The van der Waals surface area contributed by atoms with Gasteiger partial charge in [-0.1, -0.05) is 6.92 Å².